The molecule has 1 aromatic rings. The van der Waals surface area contributed by atoms with E-state index in [1.165, 1.54) is 0 Å². The van der Waals surface area contributed by atoms with E-state index in [4.69, 9.17) is 5.11 Å². The van der Waals surface area contributed by atoms with Gasteiger partial charge in [0.15, 0.2) is 0 Å². The molecule has 0 saturated carbocycles. The van der Waals surface area contributed by atoms with Gasteiger partial charge in [0.25, 0.3) is 0 Å². The molecule has 2 heterocycles. The van der Waals surface area contributed by atoms with E-state index in [0.29, 0.717) is 6.54 Å². The van der Waals surface area contributed by atoms with Gasteiger partial charge in [-0.2, -0.15) is 0 Å². The Morgan fingerprint density at radius 1 is 1.50 bits per heavy atom. The van der Waals surface area contributed by atoms with Crippen LogP contribution in [0.15, 0.2) is 12.4 Å². The fourth-order valence-electron chi connectivity index (χ4n) is 2.83. The second kappa shape index (κ2) is 7.43. The standard InChI is InChI=1S/C15H25N3O2/c1-2-3-4-7-18(10-11-19)15(20)13-5-8-17-9-6-16-14(17)12-13/h6,9,13,19H,2-5,7-8,10-12H2,1H3. The van der Waals surface area contributed by atoms with E-state index >= 15 is 0 Å². The molecule has 1 N–H and O–H groups in total. The molecule has 0 bridgehead atoms. The van der Waals surface area contributed by atoms with Crippen LogP contribution in [0.2, 0.25) is 0 Å². The minimum absolute atomic E-state index is 0.0260. The van der Waals surface area contributed by atoms with Gasteiger partial charge in [-0.3, -0.25) is 4.79 Å². The van der Waals surface area contributed by atoms with Crippen LogP contribution < -0.4 is 0 Å². The molecular formula is C15H25N3O2. The van der Waals surface area contributed by atoms with Crippen molar-refractivity contribution in [3.05, 3.63) is 18.2 Å². The quantitative estimate of drug-likeness (QED) is 0.769. The number of amides is 1. The summed E-state index contributed by atoms with van der Waals surface area (Å²) >= 11 is 0. The normalized spacial score (nSPS) is 17.8. The predicted molar refractivity (Wildman–Crippen MR) is 77.2 cm³/mol. The van der Waals surface area contributed by atoms with E-state index in [-0.39, 0.29) is 18.4 Å². The van der Waals surface area contributed by atoms with Gasteiger partial charge in [-0.05, 0) is 12.8 Å². The third-order valence-electron chi connectivity index (χ3n) is 4.01. The Labute approximate surface area is 120 Å². The van der Waals surface area contributed by atoms with E-state index in [1.807, 2.05) is 11.1 Å². The molecule has 1 aliphatic heterocycles. The summed E-state index contributed by atoms with van der Waals surface area (Å²) in [5, 5.41) is 9.15. The van der Waals surface area contributed by atoms with Crippen LogP contribution in [-0.4, -0.2) is 45.2 Å². The van der Waals surface area contributed by atoms with Crippen LogP contribution in [0.1, 0.15) is 38.4 Å². The number of hydrogen-bond acceptors (Lipinski definition) is 3. The Morgan fingerprint density at radius 2 is 2.35 bits per heavy atom. The molecule has 112 valence electrons. The summed E-state index contributed by atoms with van der Waals surface area (Å²) in [4.78, 5) is 18.7. The lowest BCUT2D eigenvalue weighted by molar-refractivity contribution is -0.136. The first-order chi connectivity index (χ1) is 9.76. The largest absolute Gasteiger partial charge is 0.395 e. The van der Waals surface area contributed by atoms with Crippen molar-refractivity contribution in [1.82, 2.24) is 14.5 Å². The first-order valence-corrected chi connectivity index (χ1v) is 7.66. The van der Waals surface area contributed by atoms with Crippen molar-refractivity contribution in [3.63, 3.8) is 0 Å². The minimum Gasteiger partial charge on any atom is -0.395 e. The molecule has 1 atom stereocenters. The van der Waals surface area contributed by atoms with E-state index in [9.17, 15) is 4.79 Å². The Kier molecular flexibility index (Phi) is 5.59. The van der Waals surface area contributed by atoms with Gasteiger partial charge in [-0.1, -0.05) is 19.8 Å². The summed E-state index contributed by atoms with van der Waals surface area (Å²) in [6.45, 7) is 4.28. The number of fused-ring (bicyclic) bond motifs is 1. The van der Waals surface area contributed by atoms with Crippen LogP contribution in [0.4, 0.5) is 0 Å². The maximum Gasteiger partial charge on any atom is 0.226 e. The molecule has 1 unspecified atom stereocenters. The lowest BCUT2D eigenvalue weighted by atomic mass is 9.96. The summed E-state index contributed by atoms with van der Waals surface area (Å²) < 4.78 is 2.12. The van der Waals surface area contributed by atoms with E-state index in [1.54, 1.807) is 6.20 Å². The Hall–Kier alpha value is -1.36. The zero-order valence-electron chi connectivity index (χ0n) is 12.3. The first-order valence-electron chi connectivity index (χ1n) is 7.66. The van der Waals surface area contributed by atoms with E-state index < -0.39 is 0 Å². The zero-order chi connectivity index (χ0) is 14.4. The number of carbonyl (C=O) groups excluding carboxylic acids is 1. The number of aromatic nitrogens is 2. The summed E-state index contributed by atoms with van der Waals surface area (Å²) in [6, 6.07) is 0. The molecule has 0 aliphatic carbocycles. The number of aliphatic hydroxyl groups excluding tert-OH is 1. The minimum atomic E-state index is 0.0260. The number of aryl methyl sites for hydroxylation is 1. The van der Waals surface area contributed by atoms with Crippen molar-refractivity contribution >= 4 is 5.91 Å². The molecule has 20 heavy (non-hydrogen) atoms. The maximum absolute atomic E-state index is 12.6. The smallest absolute Gasteiger partial charge is 0.226 e. The van der Waals surface area contributed by atoms with Gasteiger partial charge in [-0.15, -0.1) is 0 Å². The van der Waals surface area contributed by atoms with Crippen molar-refractivity contribution in [2.24, 2.45) is 5.92 Å². The fourth-order valence-corrected chi connectivity index (χ4v) is 2.83. The third-order valence-corrected chi connectivity index (χ3v) is 4.01. The van der Waals surface area contributed by atoms with Crippen LogP contribution in [0.5, 0.6) is 0 Å². The first kappa shape index (κ1) is 15.0. The molecule has 0 aromatic carbocycles. The summed E-state index contributed by atoms with van der Waals surface area (Å²) in [6.07, 6.45) is 8.66. The van der Waals surface area contributed by atoms with Crippen LogP contribution in [0.3, 0.4) is 0 Å². The summed E-state index contributed by atoms with van der Waals surface area (Å²) in [5.41, 5.74) is 0. The van der Waals surface area contributed by atoms with Crippen LogP contribution >= 0.6 is 0 Å². The molecule has 5 nitrogen and oxygen atoms in total. The number of carbonyl (C=O) groups is 1. The van der Waals surface area contributed by atoms with Crippen molar-refractivity contribution in [3.8, 4) is 0 Å². The Balaban J connectivity index is 1.93. The lowest BCUT2D eigenvalue weighted by Gasteiger charge is -2.29. The Morgan fingerprint density at radius 3 is 3.10 bits per heavy atom. The average Bonchev–Trinajstić information content (AvgIpc) is 2.93. The SMILES string of the molecule is CCCCCN(CCO)C(=O)C1CCn2ccnc2C1. The van der Waals surface area contributed by atoms with E-state index in [2.05, 4.69) is 16.5 Å². The second-order valence-corrected chi connectivity index (χ2v) is 5.48. The maximum atomic E-state index is 12.6. The second-order valence-electron chi connectivity index (χ2n) is 5.48. The molecule has 0 spiro atoms. The monoisotopic (exact) mass is 279 g/mol. The third kappa shape index (κ3) is 3.60. The molecule has 1 aliphatic rings. The van der Waals surface area contributed by atoms with Crippen molar-refractivity contribution < 1.29 is 9.90 Å². The lowest BCUT2D eigenvalue weighted by Crippen LogP contribution is -2.41. The van der Waals surface area contributed by atoms with Crippen molar-refractivity contribution in [2.75, 3.05) is 19.7 Å². The number of unbranched alkanes of at least 4 members (excludes halogenated alkanes) is 2. The van der Waals surface area contributed by atoms with Crippen molar-refractivity contribution in [1.29, 1.82) is 0 Å². The predicted octanol–water partition coefficient (Wildman–Crippen LogP) is 1.46. The molecule has 1 aromatic heterocycles. The van der Waals surface area contributed by atoms with Crippen molar-refractivity contribution in [2.45, 2.75) is 45.6 Å². The van der Waals surface area contributed by atoms with Gasteiger partial charge < -0.3 is 14.6 Å². The number of rotatable bonds is 7. The molecule has 5 heteroatoms. The van der Waals surface area contributed by atoms with Gasteiger partial charge in [-0.25, -0.2) is 4.98 Å². The average molecular weight is 279 g/mol. The van der Waals surface area contributed by atoms with Gasteiger partial charge in [0.05, 0.1) is 6.61 Å². The van der Waals surface area contributed by atoms with Gasteiger partial charge in [0.2, 0.25) is 5.91 Å². The van der Waals surface area contributed by atoms with Gasteiger partial charge >= 0.3 is 0 Å². The highest BCUT2D eigenvalue weighted by molar-refractivity contribution is 5.79. The summed E-state index contributed by atoms with van der Waals surface area (Å²) in [7, 11) is 0. The topological polar surface area (TPSA) is 58.4 Å². The van der Waals surface area contributed by atoms with Crippen LogP contribution in [0.25, 0.3) is 0 Å². The highest BCUT2D eigenvalue weighted by atomic mass is 16.3. The molecular weight excluding hydrogens is 254 g/mol. The number of hydrogen-bond donors (Lipinski definition) is 1. The number of imidazole rings is 1. The fraction of sp³-hybridized carbons (Fsp3) is 0.733. The van der Waals surface area contributed by atoms with Gasteiger partial charge in [0.1, 0.15) is 5.82 Å². The highest BCUT2D eigenvalue weighted by Crippen LogP contribution is 2.21. The van der Waals surface area contributed by atoms with Crippen LogP contribution in [-0.2, 0) is 17.8 Å². The van der Waals surface area contributed by atoms with E-state index in [0.717, 1.165) is 51.0 Å². The zero-order valence-corrected chi connectivity index (χ0v) is 12.3. The molecule has 0 saturated heterocycles. The Bertz CT molecular complexity index is 431. The number of nitrogens with zero attached hydrogens (tertiary/aromatic N) is 3. The highest BCUT2D eigenvalue weighted by Gasteiger charge is 2.28. The molecule has 1 amide bonds. The molecule has 0 fully saturated rings. The summed E-state index contributed by atoms with van der Waals surface area (Å²) in [5.74, 6) is 1.22. The molecule has 0 radical (unpaired) electrons. The van der Waals surface area contributed by atoms with Gasteiger partial charge in [0, 0.05) is 44.4 Å². The van der Waals surface area contributed by atoms with Crippen LogP contribution in [0, 0.1) is 5.92 Å². The molecule has 2 rings (SSSR count). The number of aliphatic hydroxyl groups is 1.